The summed E-state index contributed by atoms with van der Waals surface area (Å²) < 4.78 is 1.99. The molecule has 90 valence electrons. The van der Waals surface area contributed by atoms with Crippen LogP contribution in [0.25, 0.3) is 0 Å². The number of nitrogens with zero attached hydrogens (tertiary/aromatic N) is 3. The van der Waals surface area contributed by atoms with Gasteiger partial charge in [0.15, 0.2) is 0 Å². The first-order valence-electron chi connectivity index (χ1n) is 6.20. The van der Waals surface area contributed by atoms with E-state index in [1.165, 1.54) is 25.1 Å². The van der Waals surface area contributed by atoms with E-state index in [0.717, 1.165) is 13.1 Å². The van der Waals surface area contributed by atoms with Crippen molar-refractivity contribution >= 4 is 0 Å². The third-order valence-corrected chi connectivity index (χ3v) is 3.60. The second-order valence-corrected chi connectivity index (χ2v) is 4.64. The summed E-state index contributed by atoms with van der Waals surface area (Å²) >= 11 is 0. The highest BCUT2D eigenvalue weighted by molar-refractivity contribution is 5.11. The molecule has 4 heteroatoms. The third kappa shape index (κ3) is 1.99. The molecule has 0 radical (unpaired) electrons. The summed E-state index contributed by atoms with van der Waals surface area (Å²) in [6.07, 6.45) is 4.29. The standard InChI is InChI=1S/C12H22N4/c1-3-7-16-8-5-10(9-13)12(16)11-4-6-14-15(11)2/h4,6,10,12H,3,5,7-9,13H2,1-2H3. The van der Waals surface area contributed by atoms with E-state index in [4.69, 9.17) is 5.73 Å². The number of hydrogen-bond donors (Lipinski definition) is 1. The van der Waals surface area contributed by atoms with Crippen LogP contribution in [-0.4, -0.2) is 34.3 Å². The Morgan fingerprint density at radius 3 is 2.94 bits per heavy atom. The molecule has 0 aromatic carbocycles. The van der Waals surface area contributed by atoms with Crippen molar-refractivity contribution in [3.63, 3.8) is 0 Å². The van der Waals surface area contributed by atoms with Gasteiger partial charge in [0, 0.05) is 13.2 Å². The van der Waals surface area contributed by atoms with Crippen LogP contribution >= 0.6 is 0 Å². The van der Waals surface area contributed by atoms with E-state index in [1.807, 2.05) is 17.9 Å². The van der Waals surface area contributed by atoms with Crippen molar-refractivity contribution in [2.45, 2.75) is 25.8 Å². The normalized spacial score (nSPS) is 26.4. The zero-order valence-electron chi connectivity index (χ0n) is 10.3. The third-order valence-electron chi connectivity index (χ3n) is 3.60. The molecule has 1 aliphatic heterocycles. The Bertz CT molecular complexity index is 334. The van der Waals surface area contributed by atoms with Crippen molar-refractivity contribution in [2.24, 2.45) is 18.7 Å². The highest BCUT2D eigenvalue weighted by atomic mass is 15.3. The minimum atomic E-state index is 0.470. The highest BCUT2D eigenvalue weighted by Crippen LogP contribution is 2.36. The van der Waals surface area contributed by atoms with E-state index in [2.05, 4.69) is 23.0 Å². The van der Waals surface area contributed by atoms with E-state index in [-0.39, 0.29) is 0 Å². The van der Waals surface area contributed by atoms with Gasteiger partial charge < -0.3 is 5.73 Å². The molecule has 2 heterocycles. The van der Waals surface area contributed by atoms with Gasteiger partial charge in [-0.2, -0.15) is 5.10 Å². The lowest BCUT2D eigenvalue weighted by molar-refractivity contribution is 0.221. The molecule has 0 aliphatic carbocycles. The van der Waals surface area contributed by atoms with Crippen molar-refractivity contribution in [2.75, 3.05) is 19.6 Å². The van der Waals surface area contributed by atoms with Crippen LogP contribution in [0.5, 0.6) is 0 Å². The highest BCUT2D eigenvalue weighted by Gasteiger charge is 2.35. The molecular formula is C12H22N4. The minimum absolute atomic E-state index is 0.470. The Hall–Kier alpha value is -0.870. The molecule has 0 amide bonds. The van der Waals surface area contributed by atoms with E-state index < -0.39 is 0 Å². The van der Waals surface area contributed by atoms with Gasteiger partial charge in [-0.1, -0.05) is 6.92 Å². The number of hydrogen-bond acceptors (Lipinski definition) is 3. The van der Waals surface area contributed by atoms with Crippen LogP contribution in [0.3, 0.4) is 0 Å². The van der Waals surface area contributed by atoms with Crippen LogP contribution in [-0.2, 0) is 7.05 Å². The molecule has 1 saturated heterocycles. The van der Waals surface area contributed by atoms with Gasteiger partial charge in [-0.3, -0.25) is 9.58 Å². The van der Waals surface area contributed by atoms with E-state index in [1.54, 1.807) is 0 Å². The fourth-order valence-corrected chi connectivity index (χ4v) is 2.81. The summed E-state index contributed by atoms with van der Waals surface area (Å²) in [6.45, 7) is 5.34. The molecule has 0 bridgehead atoms. The zero-order chi connectivity index (χ0) is 11.5. The molecule has 1 aromatic rings. The van der Waals surface area contributed by atoms with Gasteiger partial charge in [-0.15, -0.1) is 0 Å². The van der Waals surface area contributed by atoms with Crippen molar-refractivity contribution in [1.29, 1.82) is 0 Å². The number of aryl methyl sites for hydroxylation is 1. The molecule has 2 rings (SSSR count). The lowest BCUT2D eigenvalue weighted by atomic mass is 9.97. The van der Waals surface area contributed by atoms with E-state index in [0.29, 0.717) is 12.0 Å². The quantitative estimate of drug-likeness (QED) is 0.831. The van der Waals surface area contributed by atoms with Gasteiger partial charge in [0.05, 0.1) is 11.7 Å². The van der Waals surface area contributed by atoms with Gasteiger partial charge in [-0.05, 0) is 44.5 Å². The van der Waals surface area contributed by atoms with Gasteiger partial charge >= 0.3 is 0 Å². The molecule has 1 fully saturated rings. The molecular weight excluding hydrogens is 200 g/mol. The summed E-state index contributed by atoms with van der Waals surface area (Å²) in [5, 5.41) is 4.27. The molecule has 16 heavy (non-hydrogen) atoms. The smallest absolute Gasteiger partial charge is 0.0558 e. The van der Waals surface area contributed by atoms with Crippen molar-refractivity contribution < 1.29 is 0 Å². The molecule has 2 N–H and O–H groups in total. The summed E-state index contributed by atoms with van der Waals surface area (Å²) in [5.41, 5.74) is 7.19. The molecule has 4 nitrogen and oxygen atoms in total. The van der Waals surface area contributed by atoms with Crippen LogP contribution < -0.4 is 5.73 Å². The molecule has 1 aliphatic rings. The van der Waals surface area contributed by atoms with Crippen molar-refractivity contribution in [3.8, 4) is 0 Å². The summed E-state index contributed by atoms with van der Waals surface area (Å²) in [7, 11) is 2.02. The fraction of sp³-hybridized carbons (Fsp3) is 0.750. The lowest BCUT2D eigenvalue weighted by Crippen LogP contribution is -2.30. The predicted octanol–water partition coefficient (Wildman–Crippen LogP) is 1.15. The Labute approximate surface area is 97.4 Å². The Balaban J connectivity index is 2.22. The molecule has 0 saturated carbocycles. The number of nitrogens with two attached hydrogens (primary N) is 1. The summed E-state index contributed by atoms with van der Waals surface area (Å²) in [5.74, 6) is 0.585. The van der Waals surface area contributed by atoms with Crippen LogP contribution in [0.2, 0.25) is 0 Å². The average molecular weight is 222 g/mol. The largest absolute Gasteiger partial charge is 0.330 e. The summed E-state index contributed by atoms with van der Waals surface area (Å²) in [4.78, 5) is 2.55. The maximum atomic E-state index is 5.88. The molecule has 2 atom stereocenters. The van der Waals surface area contributed by atoms with Crippen LogP contribution in [0.15, 0.2) is 12.3 Å². The second-order valence-electron chi connectivity index (χ2n) is 4.64. The number of aromatic nitrogens is 2. The van der Waals surface area contributed by atoms with Gasteiger partial charge in [0.2, 0.25) is 0 Å². The van der Waals surface area contributed by atoms with Gasteiger partial charge in [0.25, 0.3) is 0 Å². The lowest BCUT2D eigenvalue weighted by Gasteiger charge is -2.27. The van der Waals surface area contributed by atoms with Crippen LogP contribution in [0.1, 0.15) is 31.5 Å². The maximum Gasteiger partial charge on any atom is 0.0558 e. The number of likely N-dealkylation sites (tertiary alicyclic amines) is 1. The molecule has 2 unspecified atom stereocenters. The first-order chi connectivity index (χ1) is 7.77. The Morgan fingerprint density at radius 2 is 2.38 bits per heavy atom. The summed E-state index contributed by atoms with van der Waals surface area (Å²) in [6, 6.07) is 2.60. The molecule has 1 aromatic heterocycles. The SMILES string of the molecule is CCCN1CCC(CN)C1c1ccnn1C. The average Bonchev–Trinajstić information content (AvgIpc) is 2.85. The number of rotatable bonds is 4. The van der Waals surface area contributed by atoms with Crippen molar-refractivity contribution in [3.05, 3.63) is 18.0 Å². The maximum absolute atomic E-state index is 5.88. The van der Waals surface area contributed by atoms with E-state index in [9.17, 15) is 0 Å². The molecule has 0 spiro atoms. The predicted molar refractivity (Wildman–Crippen MR) is 65.0 cm³/mol. The zero-order valence-corrected chi connectivity index (χ0v) is 10.3. The fourth-order valence-electron chi connectivity index (χ4n) is 2.81. The van der Waals surface area contributed by atoms with Gasteiger partial charge in [0.1, 0.15) is 0 Å². The first-order valence-corrected chi connectivity index (χ1v) is 6.20. The van der Waals surface area contributed by atoms with E-state index >= 15 is 0 Å². The monoisotopic (exact) mass is 222 g/mol. The van der Waals surface area contributed by atoms with Crippen LogP contribution in [0.4, 0.5) is 0 Å². The minimum Gasteiger partial charge on any atom is -0.330 e. The van der Waals surface area contributed by atoms with Crippen LogP contribution in [0, 0.1) is 5.92 Å². The Morgan fingerprint density at radius 1 is 1.56 bits per heavy atom. The van der Waals surface area contributed by atoms with Gasteiger partial charge in [-0.25, -0.2) is 0 Å². The Kier molecular flexibility index (Phi) is 3.61. The topological polar surface area (TPSA) is 47.1 Å². The second kappa shape index (κ2) is 4.97. The van der Waals surface area contributed by atoms with Crippen molar-refractivity contribution in [1.82, 2.24) is 14.7 Å². The first kappa shape index (κ1) is 11.6.